The molecule has 0 radical (unpaired) electrons. The van der Waals surface area contributed by atoms with Crippen molar-refractivity contribution in [2.75, 3.05) is 54.1 Å². The van der Waals surface area contributed by atoms with E-state index in [1.165, 1.54) is 0 Å². The number of benzene rings is 1. The molecule has 180 valence electrons. The van der Waals surface area contributed by atoms with Gasteiger partial charge in [0.15, 0.2) is 0 Å². The van der Waals surface area contributed by atoms with E-state index in [9.17, 15) is 13.2 Å². The Labute approximate surface area is 192 Å². The summed E-state index contributed by atoms with van der Waals surface area (Å²) in [5, 5.41) is 0. The molecule has 0 bridgehead atoms. The minimum absolute atomic E-state index is 0.0200. The molecule has 0 N–H and O–H groups in total. The quantitative estimate of drug-likeness (QED) is 0.582. The van der Waals surface area contributed by atoms with E-state index in [4.69, 9.17) is 9.47 Å². The van der Waals surface area contributed by atoms with Gasteiger partial charge in [0.1, 0.15) is 12.4 Å². The van der Waals surface area contributed by atoms with Crippen LogP contribution in [0.25, 0.3) is 0 Å². The molecule has 8 nitrogen and oxygen atoms in total. The first kappa shape index (κ1) is 25.0. The molecule has 2 aliphatic rings. The Hall–Kier alpha value is -1.68. The smallest absolute Gasteiger partial charge is 0.248 e. The summed E-state index contributed by atoms with van der Waals surface area (Å²) in [4.78, 5) is 17.0. The number of aryl methyl sites for hydroxylation is 2. The molecule has 2 fully saturated rings. The van der Waals surface area contributed by atoms with Gasteiger partial charge in [-0.05, 0) is 82.9 Å². The lowest BCUT2D eigenvalue weighted by atomic mass is 10.0. The predicted molar refractivity (Wildman–Crippen MR) is 123 cm³/mol. The van der Waals surface area contributed by atoms with Gasteiger partial charge in [-0.3, -0.25) is 4.79 Å². The molecule has 0 aromatic heterocycles. The van der Waals surface area contributed by atoms with Crippen LogP contribution < -0.4 is 4.74 Å². The topological polar surface area (TPSA) is 79.4 Å². The zero-order chi connectivity index (χ0) is 23.5. The highest BCUT2D eigenvalue weighted by molar-refractivity contribution is 7.89. The standard InChI is InChI=1S/C23H37N3O5S/c1-17-13-21(30-5)14-18(2)23(17)32(28,29)26-10-6-7-20(26)15-31-16-22(27)25(4)19-8-11-24(3)12-9-19/h13-14,19-20H,6-12,15-16H2,1-5H3/t20-/m0/s1. The second kappa shape index (κ2) is 10.5. The van der Waals surface area contributed by atoms with Crippen LogP contribution in [0.15, 0.2) is 17.0 Å². The highest BCUT2D eigenvalue weighted by Gasteiger charge is 2.37. The zero-order valence-electron chi connectivity index (χ0n) is 20.0. The van der Waals surface area contributed by atoms with Gasteiger partial charge in [-0.1, -0.05) is 0 Å². The summed E-state index contributed by atoms with van der Waals surface area (Å²) in [7, 11) is 1.84. The van der Waals surface area contributed by atoms with Crippen LogP contribution in [-0.4, -0.2) is 94.6 Å². The molecule has 1 aromatic rings. The first-order valence-electron chi connectivity index (χ1n) is 11.3. The molecule has 1 amide bonds. The monoisotopic (exact) mass is 467 g/mol. The van der Waals surface area contributed by atoms with Crippen LogP contribution in [0.5, 0.6) is 5.75 Å². The number of rotatable bonds is 8. The summed E-state index contributed by atoms with van der Waals surface area (Å²) in [6.07, 6.45) is 3.44. The Morgan fingerprint density at radius 1 is 1.12 bits per heavy atom. The third-order valence-electron chi connectivity index (χ3n) is 6.72. The van der Waals surface area contributed by atoms with Gasteiger partial charge in [0.2, 0.25) is 15.9 Å². The van der Waals surface area contributed by atoms with Gasteiger partial charge in [-0.25, -0.2) is 8.42 Å². The van der Waals surface area contributed by atoms with Crippen molar-refractivity contribution in [1.29, 1.82) is 0 Å². The van der Waals surface area contributed by atoms with Crippen LogP contribution in [0.2, 0.25) is 0 Å². The van der Waals surface area contributed by atoms with Crippen molar-refractivity contribution < 1.29 is 22.7 Å². The highest BCUT2D eigenvalue weighted by Crippen LogP contribution is 2.32. The fourth-order valence-corrected chi connectivity index (χ4v) is 6.91. The van der Waals surface area contributed by atoms with Crippen molar-refractivity contribution in [1.82, 2.24) is 14.1 Å². The van der Waals surface area contributed by atoms with Crippen molar-refractivity contribution in [2.24, 2.45) is 0 Å². The van der Waals surface area contributed by atoms with Crippen LogP contribution in [0, 0.1) is 13.8 Å². The maximum Gasteiger partial charge on any atom is 0.248 e. The van der Waals surface area contributed by atoms with Crippen molar-refractivity contribution in [3.8, 4) is 5.75 Å². The molecule has 2 saturated heterocycles. The molecule has 0 saturated carbocycles. The Bertz CT molecular complexity index is 889. The molecule has 0 spiro atoms. The minimum Gasteiger partial charge on any atom is -0.497 e. The van der Waals surface area contributed by atoms with E-state index in [0.717, 1.165) is 38.8 Å². The van der Waals surface area contributed by atoms with Gasteiger partial charge in [0.05, 0.1) is 18.6 Å². The number of hydrogen-bond donors (Lipinski definition) is 0. The molecule has 1 aromatic carbocycles. The number of sulfonamides is 1. The predicted octanol–water partition coefficient (Wildman–Crippen LogP) is 2.03. The maximum absolute atomic E-state index is 13.5. The van der Waals surface area contributed by atoms with E-state index in [2.05, 4.69) is 11.9 Å². The number of likely N-dealkylation sites (tertiary alicyclic amines) is 1. The molecule has 32 heavy (non-hydrogen) atoms. The van der Waals surface area contributed by atoms with E-state index in [1.807, 2.05) is 7.05 Å². The van der Waals surface area contributed by atoms with Crippen LogP contribution in [0.4, 0.5) is 0 Å². The van der Waals surface area contributed by atoms with E-state index >= 15 is 0 Å². The second-order valence-electron chi connectivity index (χ2n) is 9.06. The molecule has 3 rings (SSSR count). The molecule has 2 aliphatic heterocycles. The number of nitrogens with zero attached hydrogens (tertiary/aromatic N) is 3. The van der Waals surface area contributed by atoms with Gasteiger partial charge in [-0.15, -0.1) is 0 Å². The molecule has 0 aliphatic carbocycles. The van der Waals surface area contributed by atoms with Crippen LogP contribution in [-0.2, 0) is 19.6 Å². The number of methoxy groups -OCH3 is 1. The van der Waals surface area contributed by atoms with E-state index < -0.39 is 10.0 Å². The summed E-state index contributed by atoms with van der Waals surface area (Å²) < 4.78 is 39.5. The van der Waals surface area contributed by atoms with E-state index in [-0.39, 0.29) is 31.2 Å². The van der Waals surface area contributed by atoms with E-state index in [0.29, 0.717) is 28.3 Å². The van der Waals surface area contributed by atoms with Crippen LogP contribution >= 0.6 is 0 Å². The number of carbonyl (C=O) groups excluding carboxylic acids is 1. The number of piperidine rings is 1. The second-order valence-corrected chi connectivity index (χ2v) is 10.9. The SMILES string of the molecule is COc1cc(C)c(S(=O)(=O)N2CCC[C@H]2COCC(=O)N(C)C2CCN(C)CC2)c(C)c1. The molecule has 1 atom stereocenters. The van der Waals surface area contributed by atoms with Gasteiger partial charge in [0.25, 0.3) is 0 Å². The number of likely N-dealkylation sites (N-methyl/N-ethyl adjacent to an activating group) is 1. The molecular weight excluding hydrogens is 430 g/mol. The zero-order valence-corrected chi connectivity index (χ0v) is 20.8. The third-order valence-corrected chi connectivity index (χ3v) is 8.98. The van der Waals surface area contributed by atoms with Gasteiger partial charge in [-0.2, -0.15) is 4.31 Å². The third kappa shape index (κ3) is 5.44. The molecule has 2 heterocycles. The first-order chi connectivity index (χ1) is 15.1. The molecule has 9 heteroatoms. The van der Waals surface area contributed by atoms with Crippen molar-refractivity contribution in [3.63, 3.8) is 0 Å². The normalized spacial score (nSPS) is 21.1. The van der Waals surface area contributed by atoms with Crippen molar-refractivity contribution in [2.45, 2.75) is 56.5 Å². The Morgan fingerprint density at radius 3 is 2.34 bits per heavy atom. The van der Waals surface area contributed by atoms with Gasteiger partial charge >= 0.3 is 0 Å². The Morgan fingerprint density at radius 2 is 1.75 bits per heavy atom. The number of ether oxygens (including phenoxy) is 2. The van der Waals surface area contributed by atoms with Crippen molar-refractivity contribution >= 4 is 15.9 Å². The first-order valence-corrected chi connectivity index (χ1v) is 12.8. The summed E-state index contributed by atoms with van der Waals surface area (Å²) in [5.74, 6) is 0.598. The highest BCUT2D eigenvalue weighted by atomic mass is 32.2. The van der Waals surface area contributed by atoms with Gasteiger partial charge in [0, 0.05) is 25.7 Å². The lowest BCUT2D eigenvalue weighted by molar-refractivity contribution is -0.138. The van der Waals surface area contributed by atoms with Crippen LogP contribution in [0.3, 0.4) is 0 Å². The lowest BCUT2D eigenvalue weighted by Gasteiger charge is -2.35. The number of carbonyl (C=O) groups is 1. The Kier molecular flexibility index (Phi) is 8.19. The van der Waals surface area contributed by atoms with E-state index in [1.54, 1.807) is 42.3 Å². The average molecular weight is 468 g/mol. The fourth-order valence-electron chi connectivity index (χ4n) is 4.81. The van der Waals surface area contributed by atoms with Crippen LogP contribution in [0.1, 0.15) is 36.8 Å². The lowest BCUT2D eigenvalue weighted by Crippen LogP contribution is -2.46. The maximum atomic E-state index is 13.5. The van der Waals surface area contributed by atoms with Crippen molar-refractivity contribution in [3.05, 3.63) is 23.3 Å². The fraction of sp³-hybridized carbons (Fsp3) is 0.696. The average Bonchev–Trinajstić information content (AvgIpc) is 3.22. The number of amides is 1. The van der Waals surface area contributed by atoms with Gasteiger partial charge < -0.3 is 19.3 Å². The molecule has 0 unspecified atom stereocenters. The Balaban J connectivity index is 1.60. The summed E-state index contributed by atoms with van der Waals surface area (Å²) in [5.41, 5.74) is 1.34. The summed E-state index contributed by atoms with van der Waals surface area (Å²) in [6.45, 7) is 6.23. The number of hydrogen-bond acceptors (Lipinski definition) is 6. The molecular formula is C23H37N3O5S. The summed E-state index contributed by atoms with van der Waals surface area (Å²) >= 11 is 0. The summed E-state index contributed by atoms with van der Waals surface area (Å²) in [6, 6.07) is 3.48. The minimum atomic E-state index is -3.67. The largest absolute Gasteiger partial charge is 0.497 e.